The molecule has 2 amide bonds. The summed E-state index contributed by atoms with van der Waals surface area (Å²) in [7, 11) is 0. The Hall–Kier alpha value is -1.20. The quantitative estimate of drug-likeness (QED) is 0.730. The maximum atomic E-state index is 11.8. The molecule has 0 aromatic heterocycles. The molecule has 1 aromatic carbocycles. The predicted octanol–water partition coefficient (Wildman–Crippen LogP) is 3.47. The number of carbonyl (C=O) groups excluding carboxylic acids is 1. The second-order valence-corrected chi connectivity index (χ2v) is 8.60. The molecule has 0 heterocycles. The normalized spacial score (nSPS) is 16.4. The van der Waals surface area contributed by atoms with Crippen molar-refractivity contribution in [3.63, 3.8) is 0 Å². The van der Waals surface area contributed by atoms with Crippen molar-refractivity contribution in [1.82, 2.24) is 5.32 Å². The van der Waals surface area contributed by atoms with Gasteiger partial charge < -0.3 is 15.7 Å². The highest BCUT2D eigenvalue weighted by molar-refractivity contribution is 8.00. The number of hydrogen-bond donors (Lipinski definition) is 3. The molecular weight excluding hydrogens is 284 g/mol. The van der Waals surface area contributed by atoms with Gasteiger partial charge in [0, 0.05) is 27.3 Å². The summed E-state index contributed by atoms with van der Waals surface area (Å²) < 4.78 is 0.176. The highest BCUT2D eigenvalue weighted by Gasteiger charge is 2.42. The van der Waals surface area contributed by atoms with Gasteiger partial charge in [0.2, 0.25) is 0 Å². The van der Waals surface area contributed by atoms with E-state index in [0.29, 0.717) is 6.54 Å². The zero-order chi connectivity index (χ0) is 15.5. The lowest BCUT2D eigenvalue weighted by Gasteiger charge is -2.17. The second-order valence-electron chi connectivity index (χ2n) is 6.70. The van der Waals surface area contributed by atoms with E-state index in [-0.39, 0.29) is 22.8 Å². The Kier molecular flexibility index (Phi) is 4.84. The van der Waals surface area contributed by atoms with E-state index in [1.807, 2.05) is 24.3 Å². The maximum absolute atomic E-state index is 11.8. The summed E-state index contributed by atoms with van der Waals surface area (Å²) in [6.45, 7) is 7.20. The number of nitrogens with one attached hydrogen (secondary N) is 2. The molecule has 1 aliphatic rings. The van der Waals surface area contributed by atoms with Crippen LogP contribution in [0.1, 0.15) is 33.6 Å². The van der Waals surface area contributed by atoms with Gasteiger partial charge >= 0.3 is 6.03 Å². The molecule has 0 bridgehead atoms. The van der Waals surface area contributed by atoms with Crippen molar-refractivity contribution in [3.8, 4) is 0 Å². The SMILES string of the molecule is CC(C)(C)Sc1ccc(NC(=O)NCC2(CO)CC2)cc1. The monoisotopic (exact) mass is 308 g/mol. The Labute approximate surface area is 130 Å². The summed E-state index contributed by atoms with van der Waals surface area (Å²) in [6.07, 6.45) is 1.98. The van der Waals surface area contributed by atoms with Crippen LogP contribution in [0.3, 0.4) is 0 Å². The fraction of sp³-hybridized carbons (Fsp3) is 0.562. The van der Waals surface area contributed by atoms with Crippen LogP contribution >= 0.6 is 11.8 Å². The Morgan fingerprint density at radius 2 is 1.90 bits per heavy atom. The van der Waals surface area contributed by atoms with Crippen molar-refractivity contribution < 1.29 is 9.90 Å². The largest absolute Gasteiger partial charge is 0.396 e. The smallest absolute Gasteiger partial charge is 0.319 e. The van der Waals surface area contributed by atoms with Gasteiger partial charge in [0.05, 0.1) is 6.61 Å². The highest BCUT2D eigenvalue weighted by atomic mass is 32.2. The summed E-state index contributed by atoms with van der Waals surface area (Å²) in [4.78, 5) is 13.0. The predicted molar refractivity (Wildman–Crippen MR) is 87.8 cm³/mol. The molecule has 0 radical (unpaired) electrons. The van der Waals surface area contributed by atoms with Gasteiger partial charge in [0.1, 0.15) is 0 Å². The van der Waals surface area contributed by atoms with E-state index in [9.17, 15) is 9.90 Å². The highest BCUT2D eigenvalue weighted by Crippen LogP contribution is 2.44. The summed E-state index contributed by atoms with van der Waals surface area (Å²) in [5, 5.41) is 14.8. The van der Waals surface area contributed by atoms with Gasteiger partial charge in [0.15, 0.2) is 0 Å². The Bertz CT molecular complexity index is 490. The van der Waals surface area contributed by atoms with Crippen molar-refractivity contribution >= 4 is 23.5 Å². The van der Waals surface area contributed by atoms with Gasteiger partial charge in [-0.15, -0.1) is 11.8 Å². The number of carbonyl (C=O) groups is 1. The Morgan fingerprint density at radius 1 is 1.29 bits per heavy atom. The first-order valence-electron chi connectivity index (χ1n) is 7.27. The molecule has 5 heteroatoms. The third kappa shape index (κ3) is 5.25. The van der Waals surface area contributed by atoms with E-state index in [2.05, 4.69) is 31.4 Å². The molecule has 116 valence electrons. The third-order valence-electron chi connectivity index (χ3n) is 3.45. The zero-order valence-corrected chi connectivity index (χ0v) is 13.7. The van der Waals surface area contributed by atoms with E-state index in [4.69, 9.17) is 0 Å². The molecule has 0 atom stereocenters. The molecule has 21 heavy (non-hydrogen) atoms. The van der Waals surface area contributed by atoms with E-state index in [0.717, 1.165) is 18.5 Å². The number of urea groups is 1. The molecule has 0 aliphatic heterocycles. The molecule has 1 fully saturated rings. The lowest BCUT2D eigenvalue weighted by atomic mass is 10.1. The van der Waals surface area contributed by atoms with Gasteiger partial charge in [-0.25, -0.2) is 4.79 Å². The van der Waals surface area contributed by atoms with Crippen LogP contribution in [0.2, 0.25) is 0 Å². The third-order valence-corrected chi connectivity index (χ3v) is 4.57. The van der Waals surface area contributed by atoms with Gasteiger partial charge in [0.25, 0.3) is 0 Å². The van der Waals surface area contributed by atoms with Gasteiger partial charge in [-0.3, -0.25) is 0 Å². The molecule has 0 saturated heterocycles. The number of aliphatic hydroxyl groups is 1. The van der Waals surface area contributed by atoms with Crippen LogP contribution in [0.4, 0.5) is 10.5 Å². The minimum atomic E-state index is -0.217. The fourth-order valence-corrected chi connectivity index (χ4v) is 2.95. The maximum Gasteiger partial charge on any atom is 0.319 e. The molecule has 4 nitrogen and oxygen atoms in total. The summed E-state index contributed by atoms with van der Waals surface area (Å²) >= 11 is 1.80. The van der Waals surface area contributed by atoms with Crippen LogP contribution in [-0.2, 0) is 0 Å². The second kappa shape index (κ2) is 6.28. The van der Waals surface area contributed by atoms with E-state index in [1.54, 1.807) is 11.8 Å². The molecule has 1 aromatic rings. The van der Waals surface area contributed by atoms with Crippen molar-refractivity contribution in [2.75, 3.05) is 18.5 Å². The number of aliphatic hydroxyl groups excluding tert-OH is 1. The van der Waals surface area contributed by atoms with E-state index < -0.39 is 0 Å². The molecule has 0 spiro atoms. The first-order chi connectivity index (χ1) is 9.82. The number of benzene rings is 1. The average molecular weight is 308 g/mol. The first kappa shape index (κ1) is 16.2. The van der Waals surface area contributed by atoms with E-state index >= 15 is 0 Å². The molecule has 3 N–H and O–H groups in total. The lowest BCUT2D eigenvalue weighted by molar-refractivity contribution is 0.206. The number of amides is 2. The Balaban J connectivity index is 1.81. The van der Waals surface area contributed by atoms with Crippen LogP contribution in [-0.4, -0.2) is 29.0 Å². The van der Waals surface area contributed by atoms with E-state index in [1.165, 1.54) is 4.90 Å². The van der Waals surface area contributed by atoms with Crippen molar-refractivity contribution in [2.24, 2.45) is 5.41 Å². The van der Waals surface area contributed by atoms with Crippen LogP contribution in [0.15, 0.2) is 29.2 Å². The Morgan fingerprint density at radius 3 is 2.38 bits per heavy atom. The number of anilines is 1. The minimum absolute atomic E-state index is 0.0649. The van der Waals surface area contributed by atoms with Crippen LogP contribution in [0.25, 0.3) is 0 Å². The van der Waals surface area contributed by atoms with Crippen molar-refractivity contribution in [3.05, 3.63) is 24.3 Å². The molecular formula is C16H24N2O2S. The summed E-state index contributed by atoms with van der Waals surface area (Å²) in [5.41, 5.74) is 0.712. The van der Waals surface area contributed by atoms with Crippen molar-refractivity contribution in [1.29, 1.82) is 0 Å². The topological polar surface area (TPSA) is 61.4 Å². The van der Waals surface area contributed by atoms with Crippen LogP contribution in [0, 0.1) is 5.41 Å². The number of rotatable bonds is 5. The van der Waals surface area contributed by atoms with Gasteiger partial charge in [-0.05, 0) is 37.1 Å². The average Bonchev–Trinajstić information content (AvgIpc) is 3.18. The number of thioether (sulfide) groups is 1. The van der Waals surface area contributed by atoms with Gasteiger partial charge in [-0.1, -0.05) is 20.8 Å². The first-order valence-corrected chi connectivity index (χ1v) is 8.08. The van der Waals surface area contributed by atoms with Gasteiger partial charge in [-0.2, -0.15) is 0 Å². The molecule has 0 unspecified atom stereocenters. The fourth-order valence-electron chi connectivity index (χ4n) is 1.97. The lowest BCUT2D eigenvalue weighted by Crippen LogP contribution is -2.35. The standard InChI is InChI=1S/C16H24N2O2S/c1-15(2,3)21-13-6-4-12(5-7-13)18-14(20)17-10-16(11-19)8-9-16/h4-7,19H,8-11H2,1-3H3,(H2,17,18,20). The molecule has 2 rings (SSSR count). The van der Waals surface area contributed by atoms with Crippen LogP contribution in [0.5, 0.6) is 0 Å². The molecule has 1 aliphatic carbocycles. The zero-order valence-electron chi connectivity index (χ0n) is 12.9. The number of hydrogen-bond acceptors (Lipinski definition) is 3. The summed E-state index contributed by atoms with van der Waals surface area (Å²) in [5.74, 6) is 0. The van der Waals surface area contributed by atoms with Crippen LogP contribution < -0.4 is 10.6 Å². The van der Waals surface area contributed by atoms with Crippen molar-refractivity contribution in [2.45, 2.75) is 43.3 Å². The minimum Gasteiger partial charge on any atom is -0.396 e. The molecule has 1 saturated carbocycles. The summed E-state index contributed by atoms with van der Waals surface area (Å²) in [6, 6.07) is 7.63.